The van der Waals surface area contributed by atoms with Gasteiger partial charge in [-0.2, -0.15) is 0 Å². The first-order valence-corrected chi connectivity index (χ1v) is 9.12. The number of carbonyl (C=O) groups excluding carboxylic acids is 2. The number of halogens is 1. The number of benzene rings is 1. The van der Waals surface area contributed by atoms with E-state index in [9.17, 15) is 14.0 Å². The molecule has 0 radical (unpaired) electrons. The molecule has 0 spiro atoms. The smallest absolute Gasteiger partial charge is 0.230 e. The first-order chi connectivity index (χ1) is 12.0. The number of nitrogens with one attached hydrogen (secondary N) is 2. The molecule has 3 rings (SSSR count). The largest absolute Gasteiger partial charge is 0.326 e. The highest BCUT2D eigenvalue weighted by atomic mass is 32.1. The lowest BCUT2D eigenvalue weighted by Gasteiger charge is -2.08. The average molecular weight is 375 g/mol. The summed E-state index contributed by atoms with van der Waals surface area (Å²) in [4.78, 5) is 28.7. The monoisotopic (exact) mass is 375 g/mol. The van der Waals surface area contributed by atoms with Crippen molar-refractivity contribution in [1.29, 1.82) is 0 Å². The Kier molecular flexibility index (Phi) is 5.20. The zero-order valence-electron chi connectivity index (χ0n) is 13.2. The van der Waals surface area contributed by atoms with Gasteiger partial charge in [-0.3, -0.25) is 9.59 Å². The van der Waals surface area contributed by atoms with Gasteiger partial charge in [-0.1, -0.05) is 6.07 Å². The van der Waals surface area contributed by atoms with Gasteiger partial charge in [0, 0.05) is 18.0 Å². The van der Waals surface area contributed by atoms with Gasteiger partial charge in [0.1, 0.15) is 10.8 Å². The molecule has 5 nitrogen and oxygen atoms in total. The van der Waals surface area contributed by atoms with Gasteiger partial charge in [0.2, 0.25) is 11.8 Å². The van der Waals surface area contributed by atoms with Crippen LogP contribution in [0.5, 0.6) is 0 Å². The van der Waals surface area contributed by atoms with Crippen LogP contribution in [0.3, 0.4) is 0 Å². The van der Waals surface area contributed by atoms with Gasteiger partial charge in [-0.15, -0.1) is 22.7 Å². The Bertz CT molecular complexity index is 907. The second-order valence-electron chi connectivity index (χ2n) is 5.22. The van der Waals surface area contributed by atoms with Crippen LogP contribution in [0.25, 0.3) is 9.88 Å². The van der Waals surface area contributed by atoms with Crippen LogP contribution in [0.2, 0.25) is 0 Å². The summed E-state index contributed by atoms with van der Waals surface area (Å²) in [7, 11) is 0. The molecule has 25 heavy (non-hydrogen) atoms. The van der Waals surface area contributed by atoms with Crippen LogP contribution < -0.4 is 10.6 Å². The number of aromatic nitrogens is 1. The Morgan fingerprint density at radius 1 is 1.20 bits per heavy atom. The predicted molar refractivity (Wildman–Crippen MR) is 98.5 cm³/mol. The highest BCUT2D eigenvalue weighted by molar-refractivity contribution is 7.20. The van der Waals surface area contributed by atoms with Crippen molar-refractivity contribution in [3.8, 4) is 9.88 Å². The number of nitrogens with zero attached hydrogens (tertiary/aromatic N) is 1. The zero-order valence-corrected chi connectivity index (χ0v) is 14.8. The van der Waals surface area contributed by atoms with Crippen molar-refractivity contribution in [2.75, 3.05) is 10.6 Å². The summed E-state index contributed by atoms with van der Waals surface area (Å²) in [6, 6.07) is 7.92. The predicted octanol–water partition coefficient (Wildman–Crippen LogP) is 4.15. The van der Waals surface area contributed by atoms with Crippen molar-refractivity contribution in [2.24, 2.45) is 0 Å². The van der Waals surface area contributed by atoms with Crippen LogP contribution in [-0.4, -0.2) is 16.8 Å². The molecule has 3 aromatic rings. The van der Waals surface area contributed by atoms with Crippen LogP contribution in [0.4, 0.5) is 15.8 Å². The van der Waals surface area contributed by atoms with E-state index in [0.29, 0.717) is 11.4 Å². The molecule has 0 atom stereocenters. The van der Waals surface area contributed by atoms with E-state index >= 15 is 0 Å². The second kappa shape index (κ2) is 7.54. The number of carbonyl (C=O) groups is 2. The molecule has 2 heterocycles. The van der Waals surface area contributed by atoms with E-state index in [1.807, 2.05) is 22.9 Å². The molecule has 0 fully saturated rings. The molecule has 2 amide bonds. The molecule has 1 aromatic carbocycles. The van der Waals surface area contributed by atoms with E-state index in [1.165, 1.54) is 36.5 Å². The highest BCUT2D eigenvalue weighted by Gasteiger charge is 2.12. The van der Waals surface area contributed by atoms with Gasteiger partial charge < -0.3 is 10.6 Å². The lowest BCUT2D eigenvalue weighted by molar-refractivity contribution is -0.116. The summed E-state index contributed by atoms with van der Waals surface area (Å²) >= 11 is 3.05. The van der Waals surface area contributed by atoms with Crippen LogP contribution in [-0.2, 0) is 16.0 Å². The van der Waals surface area contributed by atoms with Crippen molar-refractivity contribution >= 4 is 45.9 Å². The molecule has 0 aliphatic heterocycles. The van der Waals surface area contributed by atoms with Crippen LogP contribution in [0.15, 0.2) is 41.1 Å². The van der Waals surface area contributed by atoms with Gasteiger partial charge >= 0.3 is 0 Å². The molecular weight excluding hydrogens is 361 g/mol. The molecule has 2 N–H and O–H groups in total. The standard InChI is InChI=1S/C17H14FN3O2S2/c1-10(22)19-11-4-5-13(18)14(7-11)21-16(23)8-12-9-25-17(20-12)15-3-2-6-24-15/h2-7,9H,8H2,1H3,(H,19,22)(H,21,23). The summed E-state index contributed by atoms with van der Waals surface area (Å²) in [6.45, 7) is 1.36. The lowest BCUT2D eigenvalue weighted by atomic mass is 10.2. The average Bonchev–Trinajstić information content (AvgIpc) is 3.21. The molecule has 0 aliphatic rings. The number of hydrogen-bond donors (Lipinski definition) is 2. The van der Waals surface area contributed by atoms with Gasteiger partial charge in [0.05, 0.1) is 22.7 Å². The third-order valence-corrected chi connectivity index (χ3v) is 5.12. The molecule has 0 aliphatic carbocycles. The highest BCUT2D eigenvalue weighted by Crippen LogP contribution is 2.28. The molecule has 0 saturated carbocycles. The zero-order chi connectivity index (χ0) is 17.8. The molecular formula is C17H14FN3O2S2. The Morgan fingerprint density at radius 2 is 2.04 bits per heavy atom. The Hall–Kier alpha value is -2.58. The van der Waals surface area contributed by atoms with Gasteiger partial charge in [0.15, 0.2) is 0 Å². The Morgan fingerprint density at radius 3 is 2.76 bits per heavy atom. The van der Waals surface area contributed by atoms with Crippen molar-refractivity contribution in [2.45, 2.75) is 13.3 Å². The van der Waals surface area contributed by atoms with E-state index in [0.717, 1.165) is 9.88 Å². The Labute approximate surface area is 151 Å². The molecule has 2 aromatic heterocycles. The van der Waals surface area contributed by atoms with E-state index in [2.05, 4.69) is 15.6 Å². The fraction of sp³-hybridized carbons (Fsp3) is 0.118. The number of amides is 2. The van der Waals surface area contributed by atoms with E-state index in [4.69, 9.17) is 0 Å². The topological polar surface area (TPSA) is 71.1 Å². The minimum atomic E-state index is -0.569. The summed E-state index contributed by atoms with van der Waals surface area (Å²) in [5, 5.41) is 9.71. The fourth-order valence-corrected chi connectivity index (χ4v) is 3.80. The summed E-state index contributed by atoms with van der Waals surface area (Å²) in [5.41, 5.74) is 1.06. The number of thiophene rings is 1. The van der Waals surface area contributed by atoms with Crippen LogP contribution >= 0.6 is 22.7 Å². The maximum Gasteiger partial charge on any atom is 0.230 e. The quantitative estimate of drug-likeness (QED) is 0.704. The summed E-state index contributed by atoms with van der Waals surface area (Å²) in [6.07, 6.45) is 0.0473. The third-order valence-electron chi connectivity index (χ3n) is 3.19. The van der Waals surface area contributed by atoms with E-state index in [1.54, 1.807) is 11.3 Å². The van der Waals surface area contributed by atoms with Gasteiger partial charge in [0.25, 0.3) is 0 Å². The Balaban J connectivity index is 1.67. The van der Waals surface area contributed by atoms with Crippen LogP contribution in [0.1, 0.15) is 12.6 Å². The minimum absolute atomic E-state index is 0.0185. The van der Waals surface area contributed by atoms with Crippen molar-refractivity contribution in [3.05, 3.63) is 52.6 Å². The van der Waals surface area contributed by atoms with Crippen molar-refractivity contribution < 1.29 is 14.0 Å². The molecule has 128 valence electrons. The van der Waals surface area contributed by atoms with Gasteiger partial charge in [-0.25, -0.2) is 9.37 Å². The number of rotatable bonds is 5. The van der Waals surface area contributed by atoms with Gasteiger partial charge in [-0.05, 0) is 29.6 Å². The maximum atomic E-state index is 13.9. The first kappa shape index (κ1) is 17.2. The van der Waals surface area contributed by atoms with Crippen molar-refractivity contribution in [3.63, 3.8) is 0 Å². The molecule has 0 unspecified atom stereocenters. The SMILES string of the molecule is CC(=O)Nc1ccc(F)c(NC(=O)Cc2csc(-c3cccs3)n2)c1. The van der Waals surface area contributed by atoms with Crippen molar-refractivity contribution in [1.82, 2.24) is 4.98 Å². The maximum absolute atomic E-state index is 13.9. The normalized spacial score (nSPS) is 10.5. The van der Waals surface area contributed by atoms with Crippen LogP contribution in [0, 0.1) is 5.82 Å². The molecule has 0 bridgehead atoms. The summed E-state index contributed by atoms with van der Waals surface area (Å²) in [5.74, 6) is -1.21. The first-order valence-electron chi connectivity index (χ1n) is 7.36. The van der Waals surface area contributed by atoms with E-state index < -0.39 is 5.82 Å². The minimum Gasteiger partial charge on any atom is -0.326 e. The third kappa shape index (κ3) is 4.49. The van der Waals surface area contributed by atoms with E-state index in [-0.39, 0.29) is 23.9 Å². The number of thiazole rings is 1. The lowest BCUT2D eigenvalue weighted by Crippen LogP contribution is -2.16. The summed E-state index contributed by atoms with van der Waals surface area (Å²) < 4.78 is 13.9. The fourth-order valence-electron chi connectivity index (χ4n) is 2.16. The molecule has 8 heteroatoms. The second-order valence-corrected chi connectivity index (χ2v) is 7.03. The molecule has 0 saturated heterocycles. The number of hydrogen-bond acceptors (Lipinski definition) is 5. The number of anilines is 2.